The van der Waals surface area contributed by atoms with Gasteiger partial charge in [-0.2, -0.15) is 0 Å². The predicted molar refractivity (Wildman–Crippen MR) is 113 cm³/mol. The summed E-state index contributed by atoms with van der Waals surface area (Å²) in [5, 5.41) is 15.1. The zero-order chi connectivity index (χ0) is 20.4. The van der Waals surface area contributed by atoms with E-state index in [0.29, 0.717) is 22.5 Å². The van der Waals surface area contributed by atoms with Crippen LogP contribution in [0.15, 0.2) is 84.0 Å². The molecule has 2 aromatic carbocycles. The van der Waals surface area contributed by atoms with Gasteiger partial charge in [0.05, 0.1) is 10.9 Å². The Morgan fingerprint density at radius 3 is 2.52 bits per heavy atom. The van der Waals surface area contributed by atoms with Crippen molar-refractivity contribution in [1.29, 1.82) is 0 Å². The van der Waals surface area contributed by atoms with Crippen molar-refractivity contribution in [3.63, 3.8) is 0 Å². The minimum atomic E-state index is -3.38. The fraction of sp³-hybridized carbons (Fsp3) is 0.0909. The van der Waals surface area contributed by atoms with Crippen molar-refractivity contribution >= 4 is 26.6 Å². The lowest BCUT2D eigenvalue weighted by Crippen LogP contribution is -2.14. The molecular weight excluding hydrogens is 386 g/mol. The lowest BCUT2D eigenvalue weighted by atomic mass is 9.96. The number of pyridine rings is 2. The molecule has 0 saturated carbocycles. The number of fused-ring (bicyclic) bond motifs is 1. The number of hydrogen-bond acceptors (Lipinski definition) is 6. The second kappa shape index (κ2) is 7.52. The van der Waals surface area contributed by atoms with Crippen LogP contribution in [0, 0.1) is 0 Å². The number of phenolic OH excluding ortho intramolecular Hbond substituents is 1. The quantitative estimate of drug-likeness (QED) is 0.522. The number of anilines is 1. The summed E-state index contributed by atoms with van der Waals surface area (Å²) in [4.78, 5) is 8.81. The van der Waals surface area contributed by atoms with Crippen LogP contribution >= 0.6 is 0 Å². The van der Waals surface area contributed by atoms with Gasteiger partial charge in [0.15, 0.2) is 9.84 Å². The maximum absolute atomic E-state index is 12.1. The highest BCUT2D eigenvalue weighted by atomic mass is 32.2. The Morgan fingerprint density at radius 2 is 1.76 bits per heavy atom. The Balaban J connectivity index is 1.89. The molecule has 0 aliphatic carbocycles. The van der Waals surface area contributed by atoms with Crippen LogP contribution in [0.3, 0.4) is 0 Å². The van der Waals surface area contributed by atoms with Crippen molar-refractivity contribution in [3.8, 4) is 5.75 Å². The number of nitrogens with zero attached hydrogens (tertiary/aromatic N) is 2. The number of sulfone groups is 1. The van der Waals surface area contributed by atoms with Gasteiger partial charge < -0.3 is 10.4 Å². The molecule has 1 atom stereocenters. The molecule has 0 fully saturated rings. The smallest absolute Gasteiger partial charge is 0.175 e. The van der Waals surface area contributed by atoms with E-state index in [1.807, 2.05) is 42.5 Å². The number of nitrogens with one attached hydrogen (secondary N) is 1. The normalized spacial score (nSPS) is 12.6. The van der Waals surface area contributed by atoms with Gasteiger partial charge in [0.25, 0.3) is 0 Å². The third-order valence-electron chi connectivity index (χ3n) is 4.67. The molecule has 2 N–H and O–H groups in total. The highest BCUT2D eigenvalue weighted by Crippen LogP contribution is 2.36. The Bertz CT molecular complexity index is 1270. The summed E-state index contributed by atoms with van der Waals surface area (Å²) in [6.07, 6.45) is 4.45. The molecule has 0 saturated heterocycles. The van der Waals surface area contributed by atoms with Crippen molar-refractivity contribution in [2.75, 3.05) is 11.6 Å². The predicted octanol–water partition coefficient (Wildman–Crippen LogP) is 3.94. The molecule has 1 unspecified atom stereocenters. The first-order valence-corrected chi connectivity index (χ1v) is 10.9. The van der Waals surface area contributed by atoms with Crippen LogP contribution < -0.4 is 5.32 Å². The topological polar surface area (TPSA) is 92.2 Å². The van der Waals surface area contributed by atoms with Gasteiger partial charge >= 0.3 is 0 Å². The Labute approximate surface area is 168 Å². The van der Waals surface area contributed by atoms with E-state index in [4.69, 9.17) is 0 Å². The first kappa shape index (κ1) is 18.9. The molecule has 0 spiro atoms. The van der Waals surface area contributed by atoms with Crippen LogP contribution in [0.5, 0.6) is 5.75 Å². The van der Waals surface area contributed by atoms with Crippen molar-refractivity contribution in [2.45, 2.75) is 10.9 Å². The van der Waals surface area contributed by atoms with Gasteiger partial charge in [-0.25, -0.2) is 13.4 Å². The van der Waals surface area contributed by atoms with E-state index in [0.717, 1.165) is 5.39 Å². The monoisotopic (exact) mass is 405 g/mol. The molecule has 4 aromatic rings. The van der Waals surface area contributed by atoms with Crippen molar-refractivity contribution < 1.29 is 13.5 Å². The van der Waals surface area contributed by atoms with Gasteiger partial charge in [-0.05, 0) is 35.9 Å². The molecule has 2 heterocycles. The SMILES string of the molecule is CS(=O)(=O)c1cccc(C(Nc2ccccn2)c2ccc3cccnc3c2O)c1. The summed E-state index contributed by atoms with van der Waals surface area (Å²) in [6.45, 7) is 0. The van der Waals surface area contributed by atoms with E-state index >= 15 is 0 Å². The number of rotatable bonds is 5. The summed E-state index contributed by atoms with van der Waals surface area (Å²) in [6, 6.07) is 19.0. The second-order valence-electron chi connectivity index (χ2n) is 6.72. The van der Waals surface area contributed by atoms with Crippen molar-refractivity contribution in [1.82, 2.24) is 9.97 Å². The van der Waals surface area contributed by atoms with Crippen LogP contribution in [-0.2, 0) is 9.84 Å². The first-order chi connectivity index (χ1) is 13.9. The van der Waals surface area contributed by atoms with E-state index in [1.54, 1.807) is 36.7 Å². The average Bonchev–Trinajstić information content (AvgIpc) is 2.73. The van der Waals surface area contributed by atoms with Gasteiger partial charge in [-0.1, -0.05) is 36.4 Å². The number of benzene rings is 2. The van der Waals surface area contributed by atoms with E-state index in [1.165, 1.54) is 6.26 Å². The van der Waals surface area contributed by atoms with E-state index < -0.39 is 15.9 Å². The molecule has 0 aliphatic heterocycles. The van der Waals surface area contributed by atoms with E-state index in [-0.39, 0.29) is 10.6 Å². The van der Waals surface area contributed by atoms with Crippen LogP contribution in [0.25, 0.3) is 10.9 Å². The van der Waals surface area contributed by atoms with Gasteiger partial charge in [-0.15, -0.1) is 0 Å². The highest BCUT2D eigenvalue weighted by Gasteiger charge is 2.21. The lowest BCUT2D eigenvalue weighted by molar-refractivity contribution is 0.471. The summed E-state index contributed by atoms with van der Waals surface area (Å²) >= 11 is 0. The van der Waals surface area contributed by atoms with Crippen LogP contribution in [0.2, 0.25) is 0 Å². The number of hydrogen-bond donors (Lipinski definition) is 2. The minimum absolute atomic E-state index is 0.0429. The maximum Gasteiger partial charge on any atom is 0.175 e. The lowest BCUT2D eigenvalue weighted by Gasteiger charge is -2.22. The Hall–Kier alpha value is -3.45. The Kier molecular flexibility index (Phi) is 4.90. The molecule has 0 radical (unpaired) electrons. The molecule has 2 aromatic heterocycles. The average molecular weight is 405 g/mol. The molecular formula is C22H19N3O3S. The third-order valence-corrected chi connectivity index (χ3v) is 5.78. The van der Waals surface area contributed by atoms with E-state index in [9.17, 15) is 13.5 Å². The van der Waals surface area contributed by atoms with E-state index in [2.05, 4.69) is 15.3 Å². The van der Waals surface area contributed by atoms with Crippen molar-refractivity contribution in [3.05, 3.63) is 90.3 Å². The van der Waals surface area contributed by atoms with Gasteiger partial charge in [0, 0.05) is 29.6 Å². The largest absolute Gasteiger partial charge is 0.505 e. The van der Waals surface area contributed by atoms with Crippen molar-refractivity contribution in [2.24, 2.45) is 0 Å². The first-order valence-electron chi connectivity index (χ1n) is 8.98. The standard InChI is InChI=1S/C22H19N3O3S/c1-29(27,28)17-8-4-6-16(14-17)20(25-19-9-2-3-12-23-19)18-11-10-15-7-5-13-24-21(15)22(18)26/h2-14,20,26H,1H3,(H,23,25). The maximum atomic E-state index is 12.1. The molecule has 6 nitrogen and oxygen atoms in total. The molecule has 0 aliphatic rings. The summed E-state index contributed by atoms with van der Waals surface area (Å²) in [7, 11) is -3.38. The number of phenols is 1. The fourth-order valence-corrected chi connectivity index (χ4v) is 3.92. The van der Waals surface area contributed by atoms with Crippen LogP contribution in [0.1, 0.15) is 17.2 Å². The van der Waals surface area contributed by atoms with Gasteiger partial charge in [0.2, 0.25) is 0 Å². The van der Waals surface area contributed by atoms with Gasteiger partial charge in [0.1, 0.15) is 17.1 Å². The molecule has 29 heavy (non-hydrogen) atoms. The van der Waals surface area contributed by atoms with Crippen LogP contribution in [-0.4, -0.2) is 29.7 Å². The number of aromatic hydroxyl groups is 1. The third kappa shape index (κ3) is 3.90. The number of aromatic nitrogens is 2. The summed E-state index contributed by atoms with van der Waals surface area (Å²) in [5.74, 6) is 0.643. The molecule has 0 bridgehead atoms. The zero-order valence-corrected chi connectivity index (χ0v) is 16.5. The second-order valence-corrected chi connectivity index (χ2v) is 8.73. The fourth-order valence-electron chi connectivity index (χ4n) is 3.24. The van der Waals surface area contributed by atoms with Crippen LogP contribution in [0.4, 0.5) is 5.82 Å². The molecule has 4 rings (SSSR count). The Morgan fingerprint density at radius 1 is 0.931 bits per heavy atom. The zero-order valence-electron chi connectivity index (χ0n) is 15.6. The molecule has 146 valence electrons. The summed E-state index contributed by atoms with van der Waals surface area (Å²) < 4.78 is 24.1. The highest BCUT2D eigenvalue weighted by molar-refractivity contribution is 7.90. The minimum Gasteiger partial charge on any atom is -0.505 e. The molecule has 0 amide bonds. The van der Waals surface area contributed by atoms with Gasteiger partial charge in [-0.3, -0.25) is 4.98 Å². The summed E-state index contributed by atoms with van der Waals surface area (Å²) in [5.41, 5.74) is 1.74. The molecule has 7 heteroatoms.